The Morgan fingerprint density at radius 3 is 2.97 bits per heavy atom. The molecule has 2 atom stereocenters. The van der Waals surface area contributed by atoms with Crippen LogP contribution >= 0.6 is 0 Å². The third-order valence-electron chi connectivity index (χ3n) is 7.60. The topological polar surface area (TPSA) is 19.0 Å². The third-order valence-corrected chi connectivity index (χ3v) is 7.60. The highest BCUT2D eigenvalue weighted by molar-refractivity contribution is 5.80. The van der Waals surface area contributed by atoms with Crippen molar-refractivity contribution in [3.63, 3.8) is 0 Å². The summed E-state index contributed by atoms with van der Waals surface area (Å²) >= 11 is 0. The second-order valence-corrected chi connectivity index (χ2v) is 9.20. The highest BCUT2D eigenvalue weighted by Gasteiger charge is 2.44. The second kappa shape index (κ2) is 6.94. The predicted molar refractivity (Wildman–Crippen MR) is 119 cm³/mol. The van der Waals surface area contributed by atoms with Crippen molar-refractivity contribution in [3.8, 4) is 5.75 Å². The van der Waals surface area contributed by atoms with Gasteiger partial charge in [0.1, 0.15) is 5.75 Å². The van der Waals surface area contributed by atoms with Crippen LogP contribution in [-0.4, -0.2) is 57.3 Å². The molecule has 4 heterocycles. The van der Waals surface area contributed by atoms with E-state index in [-0.39, 0.29) is 0 Å². The molecule has 152 valence electrons. The Bertz CT molecular complexity index is 926. The number of likely N-dealkylation sites (tertiary alicyclic amines) is 1. The summed E-state index contributed by atoms with van der Waals surface area (Å²) < 4.78 is 5.89. The molecular weight excluding hydrogens is 358 g/mol. The number of anilines is 2. The maximum absolute atomic E-state index is 5.89. The molecule has 0 aliphatic carbocycles. The van der Waals surface area contributed by atoms with E-state index in [0.717, 1.165) is 26.0 Å². The van der Waals surface area contributed by atoms with Gasteiger partial charge in [0.15, 0.2) is 0 Å². The molecule has 0 aromatic heterocycles. The van der Waals surface area contributed by atoms with Crippen LogP contribution in [0.25, 0.3) is 0 Å². The summed E-state index contributed by atoms with van der Waals surface area (Å²) in [6.45, 7) is 6.83. The standard InChI is InChI=1S/C25H31N3O/c1-26-14-15-28-22-10-13-27(17-21(22)20-8-3-9-23(26)24(20)28)12-4-7-18-5-2-6-19-11-16-29-25(18)19/h2-3,5-6,8-9,21-22H,4,7,10-17H2,1H3/t21-,22-/m0/s1. The van der Waals surface area contributed by atoms with Gasteiger partial charge in [0.25, 0.3) is 0 Å². The first-order valence-corrected chi connectivity index (χ1v) is 11.4. The van der Waals surface area contributed by atoms with Crippen LogP contribution in [0.1, 0.15) is 35.4 Å². The highest BCUT2D eigenvalue weighted by Crippen LogP contribution is 2.50. The van der Waals surface area contributed by atoms with Crippen LogP contribution < -0.4 is 14.5 Å². The molecule has 4 aliphatic heterocycles. The summed E-state index contributed by atoms with van der Waals surface area (Å²) in [5, 5.41) is 0. The monoisotopic (exact) mass is 389 g/mol. The molecule has 1 fully saturated rings. The Kier molecular flexibility index (Phi) is 4.22. The summed E-state index contributed by atoms with van der Waals surface area (Å²) in [6.07, 6.45) is 4.72. The van der Waals surface area contributed by atoms with E-state index in [0.29, 0.717) is 12.0 Å². The lowest BCUT2D eigenvalue weighted by Gasteiger charge is -2.41. The lowest BCUT2D eigenvalue weighted by Crippen LogP contribution is -2.49. The number of hydrogen-bond donors (Lipinski definition) is 0. The minimum absolute atomic E-state index is 0.675. The van der Waals surface area contributed by atoms with Gasteiger partial charge in [0, 0.05) is 51.6 Å². The molecule has 0 amide bonds. The predicted octanol–water partition coefficient (Wildman–Crippen LogP) is 3.68. The Labute approximate surface area is 174 Å². The zero-order valence-electron chi connectivity index (χ0n) is 17.4. The molecule has 0 unspecified atom stereocenters. The zero-order chi connectivity index (χ0) is 19.4. The van der Waals surface area contributed by atoms with Crippen molar-refractivity contribution in [1.29, 1.82) is 0 Å². The van der Waals surface area contributed by atoms with Crippen LogP contribution in [0.3, 0.4) is 0 Å². The lowest BCUT2D eigenvalue weighted by molar-refractivity contribution is 0.191. The Morgan fingerprint density at radius 2 is 2.00 bits per heavy atom. The number of hydrogen-bond acceptors (Lipinski definition) is 4. The van der Waals surface area contributed by atoms with Gasteiger partial charge in [0.05, 0.1) is 18.0 Å². The molecule has 0 bridgehead atoms. The summed E-state index contributed by atoms with van der Waals surface area (Å²) in [7, 11) is 2.24. The second-order valence-electron chi connectivity index (χ2n) is 9.20. The SMILES string of the molecule is CN1CCN2c3c(cccc31)[C@@H]1CN(CCCc3cccc4c3OCC4)CC[C@@H]12. The van der Waals surface area contributed by atoms with Crippen molar-refractivity contribution in [3.05, 3.63) is 53.1 Å². The smallest absolute Gasteiger partial charge is 0.125 e. The number of para-hydroxylation sites is 2. The quantitative estimate of drug-likeness (QED) is 0.794. The molecule has 0 N–H and O–H groups in total. The van der Waals surface area contributed by atoms with E-state index < -0.39 is 0 Å². The fourth-order valence-electron chi connectivity index (χ4n) is 6.15. The van der Waals surface area contributed by atoms with E-state index in [1.165, 1.54) is 67.3 Å². The number of nitrogens with zero attached hydrogens (tertiary/aromatic N) is 3. The number of rotatable bonds is 4. The van der Waals surface area contributed by atoms with Gasteiger partial charge in [-0.05, 0) is 48.6 Å². The molecule has 4 aliphatic rings. The van der Waals surface area contributed by atoms with Crippen molar-refractivity contribution in [2.24, 2.45) is 0 Å². The van der Waals surface area contributed by atoms with E-state index in [1.54, 1.807) is 5.56 Å². The van der Waals surface area contributed by atoms with Gasteiger partial charge >= 0.3 is 0 Å². The van der Waals surface area contributed by atoms with E-state index in [9.17, 15) is 0 Å². The average molecular weight is 390 g/mol. The van der Waals surface area contributed by atoms with Crippen molar-refractivity contribution in [2.75, 3.05) is 56.2 Å². The number of ether oxygens (including phenoxy) is 1. The molecule has 4 heteroatoms. The van der Waals surface area contributed by atoms with Gasteiger partial charge < -0.3 is 19.4 Å². The molecule has 0 radical (unpaired) electrons. The Morgan fingerprint density at radius 1 is 1.07 bits per heavy atom. The van der Waals surface area contributed by atoms with E-state index in [2.05, 4.69) is 58.1 Å². The molecule has 0 spiro atoms. The molecule has 2 aromatic rings. The average Bonchev–Trinajstić information content (AvgIpc) is 3.35. The first-order valence-electron chi connectivity index (χ1n) is 11.4. The van der Waals surface area contributed by atoms with Crippen LogP contribution in [0.15, 0.2) is 36.4 Å². The molecule has 6 rings (SSSR count). The Balaban J connectivity index is 1.14. The number of fused-ring (bicyclic) bond motifs is 4. The lowest BCUT2D eigenvalue weighted by atomic mass is 9.89. The molecular formula is C25H31N3O. The van der Waals surface area contributed by atoms with Gasteiger partial charge in [-0.1, -0.05) is 30.3 Å². The number of piperidine rings is 1. The Hall–Kier alpha value is -2.20. The maximum atomic E-state index is 5.89. The fraction of sp³-hybridized carbons (Fsp3) is 0.520. The summed E-state index contributed by atoms with van der Waals surface area (Å²) in [5.41, 5.74) is 7.38. The first-order chi connectivity index (χ1) is 14.3. The molecule has 2 aromatic carbocycles. The number of benzene rings is 2. The number of aryl methyl sites for hydroxylation is 1. The van der Waals surface area contributed by atoms with Crippen molar-refractivity contribution >= 4 is 11.4 Å². The van der Waals surface area contributed by atoms with Gasteiger partial charge in [0.2, 0.25) is 0 Å². The highest BCUT2D eigenvalue weighted by atomic mass is 16.5. The normalized spacial score (nSPS) is 24.9. The van der Waals surface area contributed by atoms with Gasteiger partial charge in [-0.15, -0.1) is 0 Å². The fourth-order valence-corrected chi connectivity index (χ4v) is 6.15. The third kappa shape index (κ3) is 2.83. The van der Waals surface area contributed by atoms with Crippen molar-refractivity contribution in [2.45, 2.75) is 37.6 Å². The van der Waals surface area contributed by atoms with Crippen LogP contribution in [0, 0.1) is 0 Å². The maximum Gasteiger partial charge on any atom is 0.125 e. The first kappa shape index (κ1) is 17.6. The molecule has 29 heavy (non-hydrogen) atoms. The zero-order valence-corrected chi connectivity index (χ0v) is 17.4. The van der Waals surface area contributed by atoms with Crippen LogP contribution in [0.2, 0.25) is 0 Å². The summed E-state index contributed by atoms with van der Waals surface area (Å²) in [6, 6.07) is 14.4. The van der Waals surface area contributed by atoms with Crippen LogP contribution in [0.4, 0.5) is 11.4 Å². The molecule has 1 saturated heterocycles. The largest absolute Gasteiger partial charge is 0.493 e. The van der Waals surface area contributed by atoms with Crippen molar-refractivity contribution in [1.82, 2.24) is 4.90 Å². The van der Waals surface area contributed by atoms with Gasteiger partial charge in [-0.3, -0.25) is 0 Å². The number of likely N-dealkylation sites (N-methyl/N-ethyl adjacent to an activating group) is 1. The van der Waals surface area contributed by atoms with Crippen LogP contribution in [0.5, 0.6) is 5.75 Å². The van der Waals surface area contributed by atoms with E-state index in [1.807, 2.05) is 0 Å². The van der Waals surface area contributed by atoms with E-state index >= 15 is 0 Å². The van der Waals surface area contributed by atoms with Crippen molar-refractivity contribution < 1.29 is 4.74 Å². The molecule has 0 saturated carbocycles. The summed E-state index contributed by atoms with van der Waals surface area (Å²) in [4.78, 5) is 7.88. The van der Waals surface area contributed by atoms with Gasteiger partial charge in [-0.2, -0.15) is 0 Å². The van der Waals surface area contributed by atoms with Crippen LogP contribution in [-0.2, 0) is 12.8 Å². The van der Waals surface area contributed by atoms with Gasteiger partial charge in [-0.25, -0.2) is 0 Å². The van der Waals surface area contributed by atoms with E-state index in [4.69, 9.17) is 4.74 Å². The molecule has 4 nitrogen and oxygen atoms in total. The minimum atomic E-state index is 0.675. The minimum Gasteiger partial charge on any atom is -0.493 e. The summed E-state index contributed by atoms with van der Waals surface area (Å²) in [5.74, 6) is 1.86.